The summed E-state index contributed by atoms with van der Waals surface area (Å²) >= 11 is 0.812. The van der Waals surface area contributed by atoms with Gasteiger partial charge in [-0.05, 0) is 13.8 Å². The highest BCUT2D eigenvalue weighted by Gasteiger charge is 2.21. The second kappa shape index (κ2) is 5.15. The molecule has 1 amide bonds. The molecule has 0 aromatic carbocycles. The van der Waals surface area contributed by atoms with E-state index >= 15 is 0 Å². The van der Waals surface area contributed by atoms with Gasteiger partial charge in [-0.1, -0.05) is 11.3 Å². The first-order valence-electron chi connectivity index (χ1n) is 5.42. The Kier molecular flexibility index (Phi) is 3.85. The number of aryl methyl sites for hydroxylation is 2. The lowest BCUT2D eigenvalue weighted by Crippen LogP contribution is -2.12. The predicted octanol–water partition coefficient (Wildman–Crippen LogP) is 1.67. The molecular formula is C10H11ClN4O3S2. The standard InChI is InChI=1S/C10H11ClN4O3S2/c1-5-9(20(11,17)18)19-10(13-5)14-8(16)7-4-12-15(3)6(7)2/h4H,1-3H3,(H,13,14,16). The zero-order valence-electron chi connectivity index (χ0n) is 10.8. The average molecular weight is 335 g/mol. The summed E-state index contributed by atoms with van der Waals surface area (Å²) in [5.41, 5.74) is 1.35. The third-order valence-electron chi connectivity index (χ3n) is 2.68. The molecule has 108 valence electrons. The second-order valence-corrected chi connectivity index (χ2v) is 7.81. The van der Waals surface area contributed by atoms with Gasteiger partial charge >= 0.3 is 0 Å². The van der Waals surface area contributed by atoms with E-state index < -0.39 is 15.0 Å². The monoisotopic (exact) mass is 334 g/mol. The average Bonchev–Trinajstić information content (AvgIpc) is 2.83. The van der Waals surface area contributed by atoms with Crippen molar-refractivity contribution in [3.63, 3.8) is 0 Å². The highest BCUT2D eigenvalue weighted by atomic mass is 35.7. The number of nitrogens with zero attached hydrogens (tertiary/aromatic N) is 3. The van der Waals surface area contributed by atoms with Crippen LogP contribution in [0.4, 0.5) is 5.13 Å². The maximum Gasteiger partial charge on any atom is 0.272 e. The van der Waals surface area contributed by atoms with Crippen LogP contribution < -0.4 is 5.32 Å². The first-order valence-corrected chi connectivity index (χ1v) is 8.54. The molecule has 0 aliphatic carbocycles. The van der Waals surface area contributed by atoms with Gasteiger partial charge in [0.1, 0.15) is 0 Å². The molecule has 10 heteroatoms. The molecule has 2 aromatic rings. The Hall–Kier alpha value is -1.45. The molecule has 0 unspecified atom stereocenters. The van der Waals surface area contributed by atoms with Crippen LogP contribution in [0.15, 0.2) is 10.4 Å². The number of thiazole rings is 1. The van der Waals surface area contributed by atoms with E-state index in [4.69, 9.17) is 10.7 Å². The summed E-state index contributed by atoms with van der Waals surface area (Å²) in [7, 11) is 3.14. The van der Waals surface area contributed by atoms with Gasteiger partial charge in [0, 0.05) is 23.4 Å². The van der Waals surface area contributed by atoms with Crippen LogP contribution in [-0.2, 0) is 16.1 Å². The molecular weight excluding hydrogens is 324 g/mol. The SMILES string of the molecule is Cc1nc(NC(=O)c2cnn(C)c2C)sc1S(=O)(=O)Cl. The van der Waals surface area contributed by atoms with Crippen LogP contribution in [0.25, 0.3) is 0 Å². The molecule has 7 nitrogen and oxygen atoms in total. The third kappa shape index (κ3) is 2.84. The Bertz CT molecular complexity index is 779. The Morgan fingerprint density at radius 3 is 2.55 bits per heavy atom. The molecule has 2 heterocycles. The Balaban J connectivity index is 2.27. The maximum atomic E-state index is 12.0. The number of halogens is 1. The van der Waals surface area contributed by atoms with Crippen molar-refractivity contribution in [3.8, 4) is 0 Å². The summed E-state index contributed by atoms with van der Waals surface area (Å²) < 4.78 is 24.1. The Morgan fingerprint density at radius 2 is 2.10 bits per heavy atom. The van der Waals surface area contributed by atoms with E-state index in [1.54, 1.807) is 18.7 Å². The molecule has 0 spiro atoms. The Labute approximate surface area is 124 Å². The number of anilines is 1. The highest BCUT2D eigenvalue weighted by molar-refractivity contribution is 8.15. The van der Waals surface area contributed by atoms with E-state index in [0.717, 1.165) is 11.3 Å². The Morgan fingerprint density at radius 1 is 1.45 bits per heavy atom. The second-order valence-electron chi connectivity index (χ2n) is 4.05. The van der Waals surface area contributed by atoms with E-state index in [2.05, 4.69) is 15.4 Å². The fourth-order valence-electron chi connectivity index (χ4n) is 1.55. The van der Waals surface area contributed by atoms with Gasteiger partial charge < -0.3 is 0 Å². The van der Waals surface area contributed by atoms with Gasteiger partial charge in [0.05, 0.1) is 17.5 Å². The van der Waals surface area contributed by atoms with Gasteiger partial charge in [0.15, 0.2) is 9.34 Å². The normalized spacial score (nSPS) is 11.6. The molecule has 1 N–H and O–H groups in total. The lowest BCUT2D eigenvalue weighted by molar-refractivity contribution is 0.102. The van der Waals surface area contributed by atoms with Gasteiger partial charge in [-0.2, -0.15) is 5.10 Å². The molecule has 0 radical (unpaired) electrons. The van der Waals surface area contributed by atoms with Gasteiger partial charge in [-0.3, -0.25) is 14.8 Å². The summed E-state index contributed by atoms with van der Waals surface area (Å²) in [6.45, 7) is 3.26. The van der Waals surface area contributed by atoms with Crippen LogP contribution in [-0.4, -0.2) is 29.1 Å². The van der Waals surface area contributed by atoms with Crippen LogP contribution in [0.5, 0.6) is 0 Å². The number of nitrogens with one attached hydrogen (secondary N) is 1. The van der Waals surface area contributed by atoms with Crippen molar-refractivity contribution < 1.29 is 13.2 Å². The van der Waals surface area contributed by atoms with E-state index in [-0.39, 0.29) is 15.0 Å². The predicted molar refractivity (Wildman–Crippen MR) is 75.8 cm³/mol. The zero-order valence-corrected chi connectivity index (χ0v) is 13.2. The fraction of sp³-hybridized carbons (Fsp3) is 0.300. The lowest BCUT2D eigenvalue weighted by Gasteiger charge is -2.00. The van der Waals surface area contributed by atoms with Crippen molar-refractivity contribution in [2.75, 3.05) is 5.32 Å². The number of carbonyl (C=O) groups excluding carboxylic acids is 1. The van der Waals surface area contributed by atoms with Gasteiger partial charge in [-0.15, -0.1) is 0 Å². The van der Waals surface area contributed by atoms with Gasteiger partial charge in [0.2, 0.25) is 0 Å². The molecule has 0 aliphatic heterocycles. The van der Waals surface area contributed by atoms with Crippen LogP contribution in [0.3, 0.4) is 0 Å². The van der Waals surface area contributed by atoms with Crippen LogP contribution >= 0.6 is 22.0 Å². The molecule has 2 aromatic heterocycles. The third-order valence-corrected chi connectivity index (χ3v) is 5.93. The van der Waals surface area contributed by atoms with Crippen molar-refractivity contribution >= 4 is 42.1 Å². The summed E-state index contributed by atoms with van der Waals surface area (Å²) in [5.74, 6) is -0.400. The van der Waals surface area contributed by atoms with Gasteiger partial charge in [0.25, 0.3) is 15.0 Å². The molecule has 20 heavy (non-hydrogen) atoms. The van der Waals surface area contributed by atoms with Crippen LogP contribution in [0.2, 0.25) is 0 Å². The van der Waals surface area contributed by atoms with Crippen molar-refractivity contribution in [1.29, 1.82) is 0 Å². The minimum absolute atomic E-state index is 0.0719. The smallest absolute Gasteiger partial charge is 0.272 e. The van der Waals surface area contributed by atoms with E-state index in [1.165, 1.54) is 13.1 Å². The number of amides is 1. The minimum atomic E-state index is -3.86. The molecule has 0 fully saturated rings. The van der Waals surface area contributed by atoms with E-state index in [1.807, 2.05) is 0 Å². The first kappa shape index (κ1) is 14.9. The van der Waals surface area contributed by atoms with Crippen molar-refractivity contribution in [1.82, 2.24) is 14.8 Å². The molecule has 0 bridgehead atoms. The van der Waals surface area contributed by atoms with Crippen molar-refractivity contribution in [2.45, 2.75) is 18.1 Å². The largest absolute Gasteiger partial charge is 0.298 e. The minimum Gasteiger partial charge on any atom is -0.298 e. The molecule has 0 saturated carbocycles. The number of hydrogen-bond acceptors (Lipinski definition) is 6. The first-order chi connectivity index (χ1) is 9.20. The highest BCUT2D eigenvalue weighted by Crippen LogP contribution is 2.29. The lowest BCUT2D eigenvalue weighted by atomic mass is 10.2. The summed E-state index contributed by atoms with van der Waals surface area (Å²) in [4.78, 5) is 16.0. The quantitative estimate of drug-likeness (QED) is 0.862. The van der Waals surface area contributed by atoms with Crippen molar-refractivity contribution in [2.24, 2.45) is 7.05 Å². The topological polar surface area (TPSA) is 93.9 Å². The fourth-order valence-corrected chi connectivity index (χ4v) is 3.90. The van der Waals surface area contributed by atoms with Crippen molar-refractivity contribution in [3.05, 3.63) is 23.1 Å². The summed E-state index contributed by atoms with van der Waals surface area (Å²) in [5, 5.41) is 6.68. The zero-order chi connectivity index (χ0) is 15.1. The number of aromatic nitrogens is 3. The molecule has 2 rings (SSSR count). The van der Waals surface area contributed by atoms with Crippen LogP contribution in [0.1, 0.15) is 21.7 Å². The number of hydrogen-bond donors (Lipinski definition) is 1. The number of carbonyl (C=O) groups is 1. The summed E-state index contributed by atoms with van der Waals surface area (Å²) in [6, 6.07) is 0. The van der Waals surface area contributed by atoms with E-state index in [0.29, 0.717) is 11.3 Å². The molecule has 0 saturated heterocycles. The molecule has 0 atom stereocenters. The summed E-state index contributed by atoms with van der Waals surface area (Å²) in [6.07, 6.45) is 1.43. The maximum absolute atomic E-state index is 12.0. The molecule has 0 aliphatic rings. The van der Waals surface area contributed by atoms with E-state index in [9.17, 15) is 13.2 Å². The van der Waals surface area contributed by atoms with Crippen LogP contribution in [0, 0.1) is 13.8 Å². The number of rotatable bonds is 3. The van der Waals surface area contributed by atoms with Gasteiger partial charge in [-0.25, -0.2) is 13.4 Å².